The SMILES string of the molecule is CC1=Nc2ccccc2/C(=C/c2ccc(Cl)cc2)S1. The Balaban J connectivity index is 2.06. The van der Waals surface area contributed by atoms with Crippen molar-refractivity contribution in [1.82, 2.24) is 0 Å². The first-order valence-electron chi connectivity index (χ1n) is 6.02. The molecular weight excluding hydrogens is 274 g/mol. The Bertz CT molecular complexity index is 671. The van der Waals surface area contributed by atoms with Crippen molar-refractivity contribution in [3.8, 4) is 0 Å². The summed E-state index contributed by atoms with van der Waals surface area (Å²) in [6, 6.07) is 16.1. The summed E-state index contributed by atoms with van der Waals surface area (Å²) in [4.78, 5) is 5.80. The molecule has 0 saturated heterocycles. The molecule has 1 aliphatic heterocycles. The maximum Gasteiger partial charge on any atom is 0.0755 e. The minimum atomic E-state index is 0.761. The molecule has 19 heavy (non-hydrogen) atoms. The second-order valence-electron chi connectivity index (χ2n) is 4.31. The molecule has 0 spiro atoms. The summed E-state index contributed by atoms with van der Waals surface area (Å²) in [5.41, 5.74) is 3.38. The molecular formula is C16H12ClNS. The van der Waals surface area contributed by atoms with E-state index in [0.717, 1.165) is 21.3 Å². The standard InChI is InChI=1S/C16H12ClNS/c1-11-18-15-5-3-2-4-14(15)16(19-11)10-12-6-8-13(17)9-7-12/h2-10H,1H3/b16-10-. The van der Waals surface area contributed by atoms with Crippen LogP contribution in [0.2, 0.25) is 5.02 Å². The lowest BCUT2D eigenvalue weighted by atomic mass is 10.1. The van der Waals surface area contributed by atoms with Crippen LogP contribution in [0.5, 0.6) is 0 Å². The van der Waals surface area contributed by atoms with Gasteiger partial charge >= 0.3 is 0 Å². The van der Waals surface area contributed by atoms with E-state index in [4.69, 9.17) is 11.6 Å². The minimum Gasteiger partial charge on any atom is -0.246 e. The summed E-state index contributed by atoms with van der Waals surface area (Å²) in [6.07, 6.45) is 2.18. The zero-order chi connectivity index (χ0) is 13.2. The van der Waals surface area contributed by atoms with Crippen LogP contribution >= 0.6 is 23.4 Å². The lowest BCUT2D eigenvalue weighted by molar-refractivity contribution is 1.49. The molecule has 0 unspecified atom stereocenters. The molecule has 0 aromatic heterocycles. The maximum absolute atomic E-state index is 5.91. The minimum absolute atomic E-state index is 0.761. The van der Waals surface area contributed by atoms with Crippen molar-refractivity contribution >= 4 is 45.1 Å². The van der Waals surface area contributed by atoms with Gasteiger partial charge in [-0.3, -0.25) is 0 Å². The highest BCUT2D eigenvalue weighted by Gasteiger charge is 2.14. The van der Waals surface area contributed by atoms with Crippen LogP contribution in [-0.4, -0.2) is 5.04 Å². The first-order chi connectivity index (χ1) is 9.22. The maximum atomic E-state index is 5.91. The lowest BCUT2D eigenvalue weighted by Crippen LogP contribution is -1.94. The molecule has 0 fully saturated rings. The van der Waals surface area contributed by atoms with Gasteiger partial charge in [0.25, 0.3) is 0 Å². The van der Waals surface area contributed by atoms with E-state index < -0.39 is 0 Å². The highest BCUT2D eigenvalue weighted by atomic mass is 35.5. The van der Waals surface area contributed by atoms with E-state index in [1.54, 1.807) is 11.8 Å². The van der Waals surface area contributed by atoms with Crippen molar-refractivity contribution in [1.29, 1.82) is 0 Å². The summed E-state index contributed by atoms with van der Waals surface area (Å²) in [5, 5.41) is 1.83. The predicted octanol–water partition coefficient (Wildman–Crippen LogP) is 5.63. The Morgan fingerprint density at radius 3 is 2.58 bits per heavy atom. The van der Waals surface area contributed by atoms with E-state index in [0.29, 0.717) is 0 Å². The molecule has 3 heteroatoms. The Morgan fingerprint density at radius 2 is 1.79 bits per heavy atom. The number of fused-ring (bicyclic) bond motifs is 1. The molecule has 1 nitrogen and oxygen atoms in total. The zero-order valence-corrected chi connectivity index (χ0v) is 12.0. The molecule has 0 atom stereocenters. The molecule has 3 rings (SSSR count). The van der Waals surface area contributed by atoms with Gasteiger partial charge in [0.15, 0.2) is 0 Å². The highest BCUT2D eigenvalue weighted by molar-refractivity contribution is 8.22. The first-order valence-corrected chi connectivity index (χ1v) is 7.21. The lowest BCUT2D eigenvalue weighted by Gasteiger charge is -2.15. The Kier molecular flexibility index (Phi) is 3.45. The quantitative estimate of drug-likeness (QED) is 0.661. The van der Waals surface area contributed by atoms with Gasteiger partial charge in [-0.1, -0.05) is 53.7 Å². The number of benzene rings is 2. The molecule has 94 valence electrons. The molecule has 0 amide bonds. The van der Waals surface area contributed by atoms with Gasteiger partial charge < -0.3 is 0 Å². The van der Waals surface area contributed by atoms with Crippen LogP contribution in [0.1, 0.15) is 18.1 Å². The first kappa shape index (κ1) is 12.5. The van der Waals surface area contributed by atoms with Gasteiger partial charge in [-0.05, 0) is 36.8 Å². The van der Waals surface area contributed by atoms with E-state index in [2.05, 4.69) is 17.1 Å². The molecule has 0 saturated carbocycles. The van der Waals surface area contributed by atoms with Crippen molar-refractivity contribution in [2.45, 2.75) is 6.92 Å². The smallest absolute Gasteiger partial charge is 0.0755 e. The monoisotopic (exact) mass is 285 g/mol. The van der Waals surface area contributed by atoms with Gasteiger partial charge in [-0.15, -0.1) is 0 Å². The molecule has 1 heterocycles. The summed E-state index contributed by atoms with van der Waals surface area (Å²) >= 11 is 7.62. The van der Waals surface area contributed by atoms with Crippen molar-refractivity contribution in [2.75, 3.05) is 0 Å². The number of hydrogen-bond acceptors (Lipinski definition) is 2. The summed E-state index contributed by atoms with van der Waals surface area (Å²) < 4.78 is 0. The van der Waals surface area contributed by atoms with Gasteiger partial charge in [0, 0.05) is 15.5 Å². The Labute approximate surface area is 122 Å². The third-order valence-corrected chi connectivity index (χ3v) is 4.07. The summed E-state index contributed by atoms with van der Waals surface area (Å²) in [7, 11) is 0. The number of para-hydroxylation sites is 1. The van der Waals surface area contributed by atoms with Crippen LogP contribution in [0.3, 0.4) is 0 Å². The fraction of sp³-hybridized carbons (Fsp3) is 0.0625. The van der Waals surface area contributed by atoms with Gasteiger partial charge in [0.1, 0.15) is 0 Å². The number of rotatable bonds is 1. The van der Waals surface area contributed by atoms with Crippen molar-refractivity contribution in [3.05, 3.63) is 64.7 Å². The van der Waals surface area contributed by atoms with Crippen LogP contribution in [0.15, 0.2) is 53.5 Å². The largest absolute Gasteiger partial charge is 0.246 e. The van der Waals surface area contributed by atoms with Crippen molar-refractivity contribution in [2.24, 2.45) is 4.99 Å². The van der Waals surface area contributed by atoms with Gasteiger partial charge in [0.2, 0.25) is 0 Å². The van der Waals surface area contributed by atoms with Gasteiger partial charge in [-0.2, -0.15) is 0 Å². The molecule has 2 aromatic carbocycles. The molecule has 2 aromatic rings. The van der Waals surface area contributed by atoms with E-state index in [-0.39, 0.29) is 0 Å². The molecule has 0 N–H and O–H groups in total. The Morgan fingerprint density at radius 1 is 1.05 bits per heavy atom. The van der Waals surface area contributed by atoms with Gasteiger partial charge in [-0.25, -0.2) is 4.99 Å². The van der Waals surface area contributed by atoms with Crippen LogP contribution in [-0.2, 0) is 0 Å². The number of aliphatic imine (C=N–C) groups is 1. The normalized spacial score (nSPS) is 16.1. The van der Waals surface area contributed by atoms with Crippen LogP contribution in [0, 0.1) is 0 Å². The van der Waals surface area contributed by atoms with Crippen LogP contribution < -0.4 is 0 Å². The predicted molar refractivity (Wildman–Crippen MR) is 86.1 cm³/mol. The highest BCUT2D eigenvalue weighted by Crippen LogP contribution is 2.41. The van der Waals surface area contributed by atoms with E-state index in [9.17, 15) is 0 Å². The van der Waals surface area contributed by atoms with E-state index in [1.807, 2.05) is 49.4 Å². The average Bonchev–Trinajstić information content (AvgIpc) is 2.41. The molecule has 0 radical (unpaired) electrons. The van der Waals surface area contributed by atoms with E-state index >= 15 is 0 Å². The number of halogens is 1. The summed E-state index contributed by atoms with van der Waals surface area (Å²) in [6.45, 7) is 2.04. The number of hydrogen-bond donors (Lipinski definition) is 0. The third-order valence-electron chi connectivity index (χ3n) is 2.87. The fourth-order valence-electron chi connectivity index (χ4n) is 2.00. The van der Waals surface area contributed by atoms with Crippen LogP contribution in [0.25, 0.3) is 11.0 Å². The second kappa shape index (κ2) is 5.24. The van der Waals surface area contributed by atoms with Crippen molar-refractivity contribution < 1.29 is 0 Å². The zero-order valence-electron chi connectivity index (χ0n) is 10.4. The summed E-state index contributed by atoms with van der Waals surface area (Å²) in [5.74, 6) is 0. The third kappa shape index (κ3) is 2.75. The second-order valence-corrected chi connectivity index (χ2v) is 5.98. The fourth-order valence-corrected chi connectivity index (χ4v) is 3.07. The number of thioether (sulfide) groups is 1. The van der Waals surface area contributed by atoms with Crippen LogP contribution in [0.4, 0.5) is 5.69 Å². The van der Waals surface area contributed by atoms with E-state index in [1.165, 1.54) is 10.5 Å². The average molecular weight is 286 g/mol. The Hall–Kier alpha value is -1.51. The van der Waals surface area contributed by atoms with Gasteiger partial charge in [0.05, 0.1) is 10.7 Å². The number of nitrogens with zero attached hydrogens (tertiary/aromatic N) is 1. The molecule has 0 bridgehead atoms. The van der Waals surface area contributed by atoms with Crippen molar-refractivity contribution in [3.63, 3.8) is 0 Å². The molecule has 1 aliphatic rings. The molecule has 0 aliphatic carbocycles. The topological polar surface area (TPSA) is 12.4 Å².